The Bertz CT molecular complexity index is 581. The molecule has 0 aromatic heterocycles. The van der Waals surface area contributed by atoms with Crippen LogP contribution in [0.15, 0.2) is 24.3 Å². The Morgan fingerprint density at radius 1 is 0.579 bits per heavy atom. The second kappa shape index (κ2) is 30.0. The Kier molecular flexibility index (Phi) is 28.7. The molecule has 4 nitrogen and oxygen atoms in total. The van der Waals surface area contributed by atoms with Crippen molar-refractivity contribution in [2.24, 2.45) is 0 Å². The summed E-state index contributed by atoms with van der Waals surface area (Å²) in [5, 5.41) is 8.78. The second-order valence-electron chi connectivity index (χ2n) is 11.0. The van der Waals surface area contributed by atoms with Crippen LogP contribution in [0.2, 0.25) is 0 Å². The van der Waals surface area contributed by atoms with Crippen molar-refractivity contribution < 1.29 is 19.4 Å². The van der Waals surface area contributed by atoms with Crippen molar-refractivity contribution in [1.29, 1.82) is 0 Å². The summed E-state index contributed by atoms with van der Waals surface area (Å²) in [6, 6.07) is 0. The Labute approximate surface area is 236 Å². The first-order valence-electron chi connectivity index (χ1n) is 16.3. The van der Waals surface area contributed by atoms with E-state index < -0.39 is 5.97 Å². The topological polar surface area (TPSA) is 63.6 Å². The van der Waals surface area contributed by atoms with Gasteiger partial charge in [0.05, 0.1) is 0 Å². The number of esters is 1. The van der Waals surface area contributed by atoms with Gasteiger partial charge in [-0.15, -0.1) is 0 Å². The molecule has 0 radical (unpaired) electrons. The van der Waals surface area contributed by atoms with Crippen LogP contribution in [0, 0.1) is 0 Å². The Hall–Kier alpha value is -1.58. The molecule has 1 atom stereocenters. The van der Waals surface area contributed by atoms with Gasteiger partial charge in [0, 0.05) is 12.8 Å². The molecule has 0 aliphatic carbocycles. The average Bonchev–Trinajstić information content (AvgIpc) is 2.89. The SMILES string of the molecule is CCCCCC/C=C\C/C=C\CCCCCCCCCC(=O)OC(CCCCCC)CCCCCC(=O)O. The van der Waals surface area contributed by atoms with Crippen LogP contribution in [0.3, 0.4) is 0 Å². The van der Waals surface area contributed by atoms with Gasteiger partial charge in [-0.3, -0.25) is 9.59 Å². The summed E-state index contributed by atoms with van der Waals surface area (Å²) in [6.07, 6.45) is 36.3. The first kappa shape index (κ1) is 36.4. The lowest BCUT2D eigenvalue weighted by atomic mass is 10.0. The molecule has 38 heavy (non-hydrogen) atoms. The molecule has 0 aromatic carbocycles. The molecule has 0 spiro atoms. The van der Waals surface area contributed by atoms with Gasteiger partial charge in [-0.2, -0.15) is 0 Å². The standard InChI is InChI=1S/C34H62O4/c1-3-5-7-9-10-11-12-13-14-15-16-17-18-19-20-21-22-27-31-34(37)38-32(28-24-8-6-4-2)29-25-23-26-30-33(35)36/h11-12,14-15,32H,3-10,13,16-31H2,1-2H3,(H,35,36)/b12-11-,15-14-. The normalized spacial score (nSPS) is 12.5. The number of carbonyl (C=O) groups excluding carboxylic acids is 1. The van der Waals surface area contributed by atoms with Crippen LogP contribution in [0.25, 0.3) is 0 Å². The number of rotatable bonds is 29. The van der Waals surface area contributed by atoms with E-state index in [9.17, 15) is 9.59 Å². The van der Waals surface area contributed by atoms with E-state index in [-0.39, 0.29) is 18.5 Å². The van der Waals surface area contributed by atoms with Gasteiger partial charge in [0.1, 0.15) is 6.10 Å². The maximum Gasteiger partial charge on any atom is 0.306 e. The molecule has 0 saturated carbocycles. The summed E-state index contributed by atoms with van der Waals surface area (Å²) < 4.78 is 5.83. The molecule has 0 fully saturated rings. The van der Waals surface area contributed by atoms with E-state index >= 15 is 0 Å². The highest BCUT2D eigenvalue weighted by Gasteiger charge is 2.14. The van der Waals surface area contributed by atoms with Crippen molar-refractivity contribution >= 4 is 11.9 Å². The molecule has 0 aromatic rings. The minimum atomic E-state index is -0.730. The minimum absolute atomic E-state index is 0.00445. The summed E-state index contributed by atoms with van der Waals surface area (Å²) >= 11 is 0. The lowest BCUT2D eigenvalue weighted by Crippen LogP contribution is -2.18. The van der Waals surface area contributed by atoms with Crippen LogP contribution in [-0.4, -0.2) is 23.1 Å². The first-order valence-corrected chi connectivity index (χ1v) is 16.3. The van der Waals surface area contributed by atoms with Crippen molar-refractivity contribution in [1.82, 2.24) is 0 Å². The number of unbranched alkanes of at least 4 members (excludes halogenated alkanes) is 16. The molecular formula is C34H62O4. The first-order chi connectivity index (χ1) is 18.6. The van der Waals surface area contributed by atoms with Crippen molar-refractivity contribution in [3.05, 3.63) is 24.3 Å². The van der Waals surface area contributed by atoms with E-state index in [1.807, 2.05) is 0 Å². The number of hydrogen-bond acceptors (Lipinski definition) is 3. The molecule has 0 amide bonds. The van der Waals surface area contributed by atoms with E-state index in [1.165, 1.54) is 89.9 Å². The molecule has 1 N–H and O–H groups in total. The van der Waals surface area contributed by atoms with Gasteiger partial charge in [-0.05, 0) is 70.6 Å². The van der Waals surface area contributed by atoms with E-state index in [0.29, 0.717) is 12.8 Å². The molecule has 222 valence electrons. The Morgan fingerprint density at radius 3 is 1.58 bits per heavy atom. The van der Waals surface area contributed by atoms with Crippen molar-refractivity contribution in [2.75, 3.05) is 0 Å². The van der Waals surface area contributed by atoms with Crippen LogP contribution >= 0.6 is 0 Å². The molecule has 0 aliphatic heterocycles. The summed E-state index contributed by atoms with van der Waals surface area (Å²) in [5.74, 6) is -0.777. The van der Waals surface area contributed by atoms with Crippen LogP contribution in [-0.2, 0) is 14.3 Å². The van der Waals surface area contributed by atoms with Gasteiger partial charge in [-0.1, -0.05) is 115 Å². The van der Waals surface area contributed by atoms with Gasteiger partial charge in [0.15, 0.2) is 0 Å². The van der Waals surface area contributed by atoms with Crippen molar-refractivity contribution in [3.63, 3.8) is 0 Å². The predicted molar refractivity (Wildman–Crippen MR) is 163 cm³/mol. The second-order valence-corrected chi connectivity index (χ2v) is 11.0. The molecule has 0 aliphatic rings. The van der Waals surface area contributed by atoms with Crippen LogP contribution in [0.1, 0.15) is 174 Å². The molecule has 0 rings (SSSR count). The summed E-state index contributed by atoms with van der Waals surface area (Å²) in [4.78, 5) is 23.1. The molecule has 0 bridgehead atoms. The third-order valence-corrected chi connectivity index (χ3v) is 7.18. The third-order valence-electron chi connectivity index (χ3n) is 7.18. The fourth-order valence-electron chi connectivity index (χ4n) is 4.74. The van der Waals surface area contributed by atoms with Gasteiger partial charge < -0.3 is 9.84 Å². The van der Waals surface area contributed by atoms with Crippen LogP contribution in [0.4, 0.5) is 0 Å². The smallest absolute Gasteiger partial charge is 0.306 e. The van der Waals surface area contributed by atoms with Gasteiger partial charge in [-0.25, -0.2) is 0 Å². The van der Waals surface area contributed by atoms with E-state index in [1.54, 1.807) is 0 Å². The molecule has 0 saturated heterocycles. The zero-order valence-corrected chi connectivity index (χ0v) is 25.2. The quantitative estimate of drug-likeness (QED) is 0.0589. The summed E-state index contributed by atoms with van der Waals surface area (Å²) in [5.41, 5.74) is 0. The maximum absolute atomic E-state index is 12.4. The molecule has 4 heteroatoms. The van der Waals surface area contributed by atoms with Gasteiger partial charge >= 0.3 is 11.9 Å². The Balaban J connectivity index is 3.74. The number of ether oxygens (including phenoxy) is 1. The highest BCUT2D eigenvalue weighted by Crippen LogP contribution is 2.17. The van der Waals surface area contributed by atoms with Crippen molar-refractivity contribution in [3.8, 4) is 0 Å². The van der Waals surface area contributed by atoms with Crippen LogP contribution in [0.5, 0.6) is 0 Å². The number of carbonyl (C=O) groups is 2. The number of carboxylic acids is 1. The predicted octanol–water partition coefficient (Wildman–Crippen LogP) is 10.9. The Morgan fingerprint density at radius 2 is 1.03 bits per heavy atom. The molecule has 1 unspecified atom stereocenters. The zero-order chi connectivity index (χ0) is 27.9. The van der Waals surface area contributed by atoms with Gasteiger partial charge in [0.25, 0.3) is 0 Å². The highest BCUT2D eigenvalue weighted by atomic mass is 16.5. The number of aliphatic carboxylic acids is 1. The molecular weight excluding hydrogens is 472 g/mol. The minimum Gasteiger partial charge on any atom is -0.481 e. The largest absolute Gasteiger partial charge is 0.481 e. The van der Waals surface area contributed by atoms with E-state index in [4.69, 9.17) is 9.84 Å². The lowest BCUT2D eigenvalue weighted by molar-refractivity contribution is -0.150. The van der Waals surface area contributed by atoms with E-state index in [0.717, 1.165) is 51.4 Å². The fraction of sp³-hybridized carbons (Fsp3) is 0.824. The summed E-state index contributed by atoms with van der Waals surface area (Å²) in [7, 11) is 0. The highest BCUT2D eigenvalue weighted by molar-refractivity contribution is 5.69. The third kappa shape index (κ3) is 29.0. The maximum atomic E-state index is 12.4. The average molecular weight is 535 g/mol. The number of allylic oxidation sites excluding steroid dienone is 4. The number of carboxylic acid groups (broad SMARTS) is 1. The fourth-order valence-corrected chi connectivity index (χ4v) is 4.74. The summed E-state index contributed by atoms with van der Waals surface area (Å²) in [6.45, 7) is 4.46. The monoisotopic (exact) mass is 534 g/mol. The number of hydrogen-bond donors (Lipinski definition) is 1. The molecule has 0 heterocycles. The zero-order valence-electron chi connectivity index (χ0n) is 25.2. The van der Waals surface area contributed by atoms with E-state index in [2.05, 4.69) is 38.2 Å². The van der Waals surface area contributed by atoms with Crippen molar-refractivity contribution in [2.45, 2.75) is 180 Å². The lowest BCUT2D eigenvalue weighted by Gasteiger charge is -2.18. The van der Waals surface area contributed by atoms with Gasteiger partial charge in [0.2, 0.25) is 0 Å². The van der Waals surface area contributed by atoms with Crippen LogP contribution < -0.4 is 0 Å².